The lowest BCUT2D eigenvalue weighted by molar-refractivity contribution is 0.0693. The second kappa shape index (κ2) is 3.87. The molecule has 0 spiro atoms. The maximum Gasteiger partial charge on any atom is 0.339 e. The van der Waals surface area contributed by atoms with E-state index < -0.39 is 16.0 Å². The monoisotopic (exact) mass is 231 g/mol. The summed E-state index contributed by atoms with van der Waals surface area (Å²) in [6.45, 7) is 0. The summed E-state index contributed by atoms with van der Waals surface area (Å²) in [5.74, 6) is -1.20. The number of aromatic carboxylic acids is 1. The molecule has 0 fully saturated rings. The highest BCUT2D eigenvalue weighted by Gasteiger charge is 2.16. The first-order valence-corrected chi connectivity index (χ1v) is 5.35. The molecule has 0 atom stereocenters. The van der Waals surface area contributed by atoms with Crippen molar-refractivity contribution in [2.75, 3.05) is 7.11 Å². The number of carboxylic acid groups (broad SMARTS) is 1. The predicted octanol–water partition coefficient (Wildman–Crippen LogP) is 0.0408. The number of carbonyl (C=O) groups is 1. The summed E-state index contributed by atoms with van der Waals surface area (Å²) < 4.78 is 26.7. The normalized spacial score (nSPS) is 11.1. The van der Waals surface area contributed by atoms with Crippen molar-refractivity contribution in [2.24, 2.45) is 5.14 Å². The van der Waals surface area contributed by atoms with Gasteiger partial charge in [0.2, 0.25) is 10.0 Å². The lowest BCUT2D eigenvalue weighted by Crippen LogP contribution is -2.13. The Morgan fingerprint density at radius 3 is 2.47 bits per heavy atom. The molecule has 3 N–H and O–H groups in total. The van der Waals surface area contributed by atoms with Gasteiger partial charge in [0, 0.05) is 0 Å². The van der Waals surface area contributed by atoms with E-state index in [4.69, 9.17) is 15.0 Å². The minimum absolute atomic E-state index is 0.0786. The number of primary sulfonamides is 1. The molecule has 1 aromatic carbocycles. The number of methoxy groups -OCH3 is 1. The van der Waals surface area contributed by atoms with E-state index in [9.17, 15) is 13.2 Å². The summed E-state index contributed by atoms with van der Waals surface area (Å²) in [5, 5.41) is 13.6. The fraction of sp³-hybridized carbons (Fsp3) is 0.125. The quantitative estimate of drug-likeness (QED) is 0.763. The van der Waals surface area contributed by atoms with Crippen molar-refractivity contribution < 1.29 is 23.1 Å². The molecule has 0 unspecified atom stereocenters. The third kappa shape index (κ3) is 2.45. The zero-order chi connectivity index (χ0) is 11.6. The van der Waals surface area contributed by atoms with Gasteiger partial charge in [0.25, 0.3) is 0 Å². The van der Waals surface area contributed by atoms with Gasteiger partial charge in [0.1, 0.15) is 11.3 Å². The Bertz CT molecular complexity index is 494. The van der Waals surface area contributed by atoms with Crippen LogP contribution in [-0.4, -0.2) is 26.6 Å². The topological polar surface area (TPSA) is 107 Å². The molecule has 0 saturated carbocycles. The van der Waals surface area contributed by atoms with Crippen LogP contribution in [0.3, 0.4) is 0 Å². The van der Waals surface area contributed by atoms with Crippen LogP contribution in [0.5, 0.6) is 5.75 Å². The van der Waals surface area contributed by atoms with Gasteiger partial charge >= 0.3 is 5.97 Å². The molecule has 1 rings (SSSR count). The molecule has 0 aromatic heterocycles. The Balaban J connectivity index is 3.42. The van der Waals surface area contributed by atoms with E-state index in [1.807, 2.05) is 0 Å². The third-order valence-corrected chi connectivity index (χ3v) is 2.64. The number of hydrogen-bond acceptors (Lipinski definition) is 4. The molecular formula is C8H9NO5S. The lowest BCUT2D eigenvalue weighted by Gasteiger charge is -2.05. The van der Waals surface area contributed by atoms with Crippen LogP contribution in [0.2, 0.25) is 0 Å². The van der Waals surface area contributed by atoms with E-state index in [2.05, 4.69) is 0 Å². The highest BCUT2D eigenvalue weighted by Crippen LogP contribution is 2.21. The second-order valence-electron chi connectivity index (χ2n) is 2.71. The van der Waals surface area contributed by atoms with Gasteiger partial charge in [-0.1, -0.05) is 0 Å². The molecule has 0 radical (unpaired) electrons. The molecule has 0 saturated heterocycles. The van der Waals surface area contributed by atoms with Crippen LogP contribution >= 0.6 is 0 Å². The third-order valence-electron chi connectivity index (χ3n) is 1.73. The molecule has 0 aliphatic rings. The summed E-state index contributed by atoms with van der Waals surface area (Å²) in [6.07, 6.45) is 0. The lowest BCUT2D eigenvalue weighted by atomic mass is 10.2. The Hall–Kier alpha value is -1.60. The fourth-order valence-corrected chi connectivity index (χ4v) is 1.57. The highest BCUT2D eigenvalue weighted by molar-refractivity contribution is 7.89. The maximum absolute atomic E-state index is 11.0. The Morgan fingerprint density at radius 2 is 2.07 bits per heavy atom. The van der Waals surface area contributed by atoms with Crippen molar-refractivity contribution in [3.05, 3.63) is 23.8 Å². The number of nitrogens with two attached hydrogens (primary N) is 1. The average molecular weight is 231 g/mol. The first-order valence-electron chi connectivity index (χ1n) is 3.80. The molecule has 0 aliphatic heterocycles. The first-order chi connectivity index (χ1) is 6.86. The molecule has 0 bridgehead atoms. The Kier molecular flexibility index (Phi) is 2.96. The van der Waals surface area contributed by atoms with Crippen molar-refractivity contribution in [1.29, 1.82) is 0 Å². The molecule has 0 heterocycles. The zero-order valence-electron chi connectivity index (χ0n) is 7.80. The highest BCUT2D eigenvalue weighted by atomic mass is 32.2. The van der Waals surface area contributed by atoms with Crippen molar-refractivity contribution >= 4 is 16.0 Å². The van der Waals surface area contributed by atoms with E-state index >= 15 is 0 Å². The number of rotatable bonds is 3. The van der Waals surface area contributed by atoms with Gasteiger partial charge in [0.15, 0.2) is 0 Å². The van der Waals surface area contributed by atoms with Crippen LogP contribution in [0.1, 0.15) is 10.4 Å². The summed E-state index contributed by atoms with van der Waals surface area (Å²) in [5.41, 5.74) is -0.246. The van der Waals surface area contributed by atoms with Crippen LogP contribution < -0.4 is 9.88 Å². The van der Waals surface area contributed by atoms with Crippen molar-refractivity contribution in [1.82, 2.24) is 0 Å². The first kappa shape index (κ1) is 11.5. The maximum atomic E-state index is 11.0. The molecule has 0 aliphatic carbocycles. The molecule has 82 valence electrons. The minimum Gasteiger partial charge on any atom is -0.496 e. The van der Waals surface area contributed by atoms with Gasteiger partial charge in [-0.3, -0.25) is 0 Å². The van der Waals surface area contributed by atoms with Gasteiger partial charge in [-0.05, 0) is 18.2 Å². The Morgan fingerprint density at radius 1 is 1.47 bits per heavy atom. The van der Waals surface area contributed by atoms with Crippen LogP contribution in [0.4, 0.5) is 0 Å². The Labute approximate surface area is 86.3 Å². The summed E-state index contributed by atoms with van der Waals surface area (Å²) in [7, 11) is -2.61. The molecule has 6 nitrogen and oxygen atoms in total. The second-order valence-corrected chi connectivity index (χ2v) is 4.27. The average Bonchev–Trinajstić information content (AvgIpc) is 2.15. The number of carboxylic acids is 1. The largest absolute Gasteiger partial charge is 0.496 e. The van der Waals surface area contributed by atoms with Crippen molar-refractivity contribution in [3.8, 4) is 5.75 Å². The van der Waals surface area contributed by atoms with Crippen LogP contribution in [-0.2, 0) is 10.0 Å². The van der Waals surface area contributed by atoms with E-state index in [1.165, 1.54) is 19.2 Å². The molecule has 1 aromatic rings. The van der Waals surface area contributed by atoms with Crippen LogP contribution in [0, 0.1) is 0 Å². The number of ether oxygens (including phenoxy) is 1. The molecule has 15 heavy (non-hydrogen) atoms. The minimum atomic E-state index is -3.90. The zero-order valence-corrected chi connectivity index (χ0v) is 8.61. The van der Waals surface area contributed by atoms with Gasteiger partial charge in [-0.2, -0.15) is 0 Å². The molecule has 0 amide bonds. The van der Waals surface area contributed by atoms with Crippen LogP contribution in [0.25, 0.3) is 0 Å². The molecule has 7 heteroatoms. The SMILES string of the molecule is COc1ccc(S(N)(=O)=O)cc1C(=O)O. The van der Waals surface area contributed by atoms with E-state index in [0.717, 1.165) is 6.07 Å². The van der Waals surface area contributed by atoms with E-state index in [1.54, 1.807) is 0 Å². The van der Waals surface area contributed by atoms with Gasteiger partial charge in [-0.15, -0.1) is 0 Å². The number of sulfonamides is 1. The number of hydrogen-bond donors (Lipinski definition) is 2. The standard InChI is InChI=1S/C8H9NO5S/c1-14-7-3-2-5(15(9,12)13)4-6(7)8(10)11/h2-4H,1H3,(H,10,11)(H2,9,12,13). The molecular weight excluding hydrogens is 222 g/mol. The fourth-order valence-electron chi connectivity index (χ4n) is 1.03. The predicted molar refractivity (Wildman–Crippen MR) is 51.3 cm³/mol. The van der Waals surface area contributed by atoms with Gasteiger partial charge < -0.3 is 9.84 Å². The van der Waals surface area contributed by atoms with Gasteiger partial charge in [0.05, 0.1) is 12.0 Å². The van der Waals surface area contributed by atoms with Crippen molar-refractivity contribution in [3.63, 3.8) is 0 Å². The number of benzene rings is 1. The summed E-state index contributed by atoms with van der Waals surface area (Å²) in [4.78, 5) is 10.5. The van der Waals surface area contributed by atoms with E-state index in [-0.39, 0.29) is 16.2 Å². The van der Waals surface area contributed by atoms with Crippen molar-refractivity contribution in [2.45, 2.75) is 4.90 Å². The van der Waals surface area contributed by atoms with Crippen LogP contribution in [0.15, 0.2) is 23.1 Å². The smallest absolute Gasteiger partial charge is 0.339 e. The van der Waals surface area contributed by atoms with Gasteiger partial charge in [-0.25, -0.2) is 18.4 Å². The van der Waals surface area contributed by atoms with E-state index in [0.29, 0.717) is 0 Å². The summed E-state index contributed by atoms with van der Waals surface area (Å²) in [6, 6.07) is 3.38. The summed E-state index contributed by atoms with van der Waals surface area (Å²) >= 11 is 0.